The summed E-state index contributed by atoms with van der Waals surface area (Å²) < 4.78 is 21.1. The number of nitrogens with zero attached hydrogens (tertiary/aromatic N) is 2. The zero-order valence-corrected chi connectivity index (χ0v) is 15.9. The Morgan fingerprint density at radius 1 is 1.26 bits per heavy atom. The summed E-state index contributed by atoms with van der Waals surface area (Å²) >= 11 is -1.87. The number of anilines is 1. The van der Waals surface area contributed by atoms with E-state index in [1.807, 2.05) is 42.2 Å². The van der Waals surface area contributed by atoms with E-state index < -0.39 is 16.8 Å². The lowest BCUT2D eigenvalue weighted by molar-refractivity contribution is 0.204. The summed E-state index contributed by atoms with van der Waals surface area (Å²) in [5, 5.41) is 3.16. The van der Waals surface area contributed by atoms with E-state index in [0.717, 1.165) is 5.56 Å². The molecular formula is C18H24N4O4S. The maximum absolute atomic E-state index is 12.5. The second-order valence-corrected chi connectivity index (χ2v) is 7.67. The summed E-state index contributed by atoms with van der Waals surface area (Å²) in [6.07, 6.45) is 1.18. The highest BCUT2D eigenvalue weighted by Gasteiger charge is 2.24. The lowest BCUT2D eigenvalue weighted by atomic mass is 10.1. The van der Waals surface area contributed by atoms with E-state index in [0.29, 0.717) is 31.7 Å². The highest BCUT2D eigenvalue weighted by atomic mass is 32.2. The van der Waals surface area contributed by atoms with E-state index in [9.17, 15) is 13.8 Å². The minimum Gasteiger partial charge on any atom is -0.365 e. The molecule has 0 aliphatic carbocycles. The van der Waals surface area contributed by atoms with Crippen LogP contribution >= 0.6 is 0 Å². The van der Waals surface area contributed by atoms with Crippen molar-refractivity contribution in [3.05, 3.63) is 62.8 Å². The molecular weight excluding hydrogens is 368 g/mol. The van der Waals surface area contributed by atoms with E-state index in [-0.39, 0.29) is 23.5 Å². The van der Waals surface area contributed by atoms with Crippen molar-refractivity contribution in [3.63, 3.8) is 0 Å². The van der Waals surface area contributed by atoms with Gasteiger partial charge in [0.15, 0.2) is 11.1 Å². The first kappa shape index (κ1) is 19.5. The van der Waals surface area contributed by atoms with Crippen LogP contribution < -0.4 is 16.6 Å². The zero-order chi connectivity index (χ0) is 19.4. The third-order valence-corrected chi connectivity index (χ3v) is 5.44. The Bertz CT molecular complexity index is 872. The molecule has 1 fully saturated rings. The number of likely N-dealkylation sites (tertiary alicyclic amines) is 1. The lowest BCUT2D eigenvalue weighted by Gasteiger charge is -2.31. The van der Waals surface area contributed by atoms with Gasteiger partial charge in [0.1, 0.15) is 11.7 Å². The Balaban J connectivity index is 1.71. The number of hydrogen-bond donors (Lipinski definition) is 3. The quantitative estimate of drug-likeness (QED) is 0.644. The fourth-order valence-electron chi connectivity index (χ4n) is 3.45. The molecule has 1 unspecified atom stereocenters. The van der Waals surface area contributed by atoms with Gasteiger partial charge in [0.2, 0.25) is 0 Å². The van der Waals surface area contributed by atoms with E-state index in [2.05, 4.69) is 10.3 Å². The molecule has 1 aliphatic rings. The Kier molecular flexibility index (Phi) is 6.25. The van der Waals surface area contributed by atoms with Crippen molar-refractivity contribution in [1.29, 1.82) is 0 Å². The molecule has 146 valence electrons. The molecule has 3 rings (SSSR count). The molecule has 3 N–H and O–H groups in total. The largest absolute Gasteiger partial charge is 0.365 e. The molecule has 0 amide bonds. The van der Waals surface area contributed by atoms with Crippen LogP contribution in [-0.2, 0) is 11.1 Å². The van der Waals surface area contributed by atoms with Gasteiger partial charge in [0, 0.05) is 31.2 Å². The molecule has 9 heteroatoms. The fourth-order valence-corrected chi connectivity index (χ4v) is 4.02. The van der Waals surface area contributed by atoms with Gasteiger partial charge in [-0.15, -0.1) is 0 Å². The molecule has 1 aliphatic heterocycles. The van der Waals surface area contributed by atoms with Crippen LogP contribution in [0.5, 0.6) is 0 Å². The van der Waals surface area contributed by atoms with Gasteiger partial charge in [0.05, 0.1) is 0 Å². The van der Waals surface area contributed by atoms with Crippen molar-refractivity contribution >= 4 is 16.9 Å². The lowest BCUT2D eigenvalue weighted by Crippen LogP contribution is -2.44. The highest BCUT2D eigenvalue weighted by molar-refractivity contribution is 7.79. The molecule has 2 heterocycles. The maximum Gasteiger partial charge on any atom is 0.330 e. The molecule has 0 bridgehead atoms. The van der Waals surface area contributed by atoms with Crippen LogP contribution in [0.3, 0.4) is 0 Å². The minimum atomic E-state index is -1.87. The summed E-state index contributed by atoms with van der Waals surface area (Å²) in [4.78, 5) is 29.7. The molecule has 2 atom stereocenters. The highest BCUT2D eigenvalue weighted by Crippen LogP contribution is 2.20. The van der Waals surface area contributed by atoms with Crippen LogP contribution in [0.2, 0.25) is 0 Å². The molecule has 1 aromatic heterocycles. The number of aromatic amines is 1. The summed E-state index contributed by atoms with van der Waals surface area (Å²) in [6, 6.07) is 10.9. The molecule has 1 aromatic carbocycles. The Morgan fingerprint density at radius 2 is 1.93 bits per heavy atom. The van der Waals surface area contributed by atoms with Crippen LogP contribution in [0.25, 0.3) is 0 Å². The van der Waals surface area contributed by atoms with Gasteiger partial charge >= 0.3 is 5.69 Å². The van der Waals surface area contributed by atoms with Crippen LogP contribution in [0, 0.1) is 0 Å². The van der Waals surface area contributed by atoms with E-state index in [1.54, 1.807) is 0 Å². The number of H-pyrrole nitrogens is 1. The predicted molar refractivity (Wildman–Crippen MR) is 105 cm³/mol. The number of benzene rings is 1. The number of rotatable bonds is 6. The van der Waals surface area contributed by atoms with Gasteiger partial charge in [-0.1, -0.05) is 30.3 Å². The Hall–Kier alpha value is -2.23. The van der Waals surface area contributed by atoms with Gasteiger partial charge < -0.3 is 9.87 Å². The first-order chi connectivity index (χ1) is 12.9. The predicted octanol–water partition coefficient (Wildman–Crippen LogP) is 1.53. The topological polar surface area (TPSA) is 107 Å². The van der Waals surface area contributed by atoms with Gasteiger partial charge in [-0.2, -0.15) is 0 Å². The first-order valence-electron chi connectivity index (χ1n) is 8.91. The van der Waals surface area contributed by atoms with Crippen LogP contribution in [0.15, 0.2) is 46.0 Å². The first-order valence-corrected chi connectivity index (χ1v) is 10.2. The smallest absolute Gasteiger partial charge is 0.330 e. The summed E-state index contributed by atoms with van der Waals surface area (Å²) in [5.74, 6) is 0.490. The Labute approximate surface area is 159 Å². The average molecular weight is 392 g/mol. The molecule has 1 saturated heterocycles. The van der Waals surface area contributed by atoms with Crippen molar-refractivity contribution < 1.29 is 8.76 Å². The number of aromatic nitrogens is 2. The zero-order valence-electron chi connectivity index (χ0n) is 15.1. The third kappa shape index (κ3) is 4.94. The van der Waals surface area contributed by atoms with Gasteiger partial charge in [-0.25, -0.2) is 9.00 Å². The summed E-state index contributed by atoms with van der Waals surface area (Å²) in [7, 11) is 0. The normalized spacial score (nSPS) is 18.1. The van der Waals surface area contributed by atoms with Crippen LogP contribution in [-0.4, -0.2) is 42.2 Å². The van der Waals surface area contributed by atoms with Crippen molar-refractivity contribution in [1.82, 2.24) is 14.5 Å². The molecule has 0 spiro atoms. The minimum absolute atomic E-state index is 0.0558. The van der Waals surface area contributed by atoms with Gasteiger partial charge in [0.25, 0.3) is 5.56 Å². The number of nitrogens with one attached hydrogen (secondary N) is 2. The summed E-state index contributed by atoms with van der Waals surface area (Å²) in [6.45, 7) is 3.11. The van der Waals surface area contributed by atoms with E-state index >= 15 is 0 Å². The van der Waals surface area contributed by atoms with Gasteiger partial charge in [-0.05, 0) is 25.3 Å². The molecule has 27 heavy (non-hydrogen) atoms. The fraction of sp³-hybridized carbons (Fsp3) is 0.444. The second-order valence-electron chi connectivity index (χ2n) is 6.77. The van der Waals surface area contributed by atoms with E-state index in [4.69, 9.17) is 4.55 Å². The molecule has 2 aromatic rings. The molecule has 8 nitrogen and oxygen atoms in total. The van der Waals surface area contributed by atoms with Crippen LogP contribution in [0.4, 0.5) is 5.82 Å². The number of piperidine rings is 1. The standard InChI is InChI=1S/C18H24N4O4S/c1-13(14-5-3-2-4-6-14)19-16-11-17(23)22(18(24)20-16)15-7-9-21(10-8-15)12-27(25)26/h2-6,11,13,15,19H,7-10,12H2,1H3,(H,20,24)(H,25,26)/t13-/m0/s1. The van der Waals surface area contributed by atoms with Crippen molar-refractivity contribution in [2.24, 2.45) is 0 Å². The van der Waals surface area contributed by atoms with Gasteiger partial charge in [-0.3, -0.25) is 19.2 Å². The van der Waals surface area contributed by atoms with Crippen molar-refractivity contribution in [2.75, 3.05) is 24.3 Å². The number of hydrogen-bond acceptors (Lipinski definition) is 5. The second kappa shape index (κ2) is 8.64. The average Bonchev–Trinajstić information content (AvgIpc) is 2.63. The molecule has 0 saturated carbocycles. The maximum atomic E-state index is 12.5. The van der Waals surface area contributed by atoms with Crippen molar-refractivity contribution in [3.8, 4) is 0 Å². The van der Waals surface area contributed by atoms with Crippen LogP contribution in [0.1, 0.15) is 37.4 Å². The summed E-state index contributed by atoms with van der Waals surface area (Å²) in [5.41, 5.74) is 0.274. The van der Waals surface area contributed by atoms with Crippen molar-refractivity contribution in [2.45, 2.75) is 31.8 Å². The van der Waals surface area contributed by atoms with E-state index in [1.165, 1.54) is 10.6 Å². The SMILES string of the molecule is C[C@H](Nc1cc(=O)n(C2CCN(CS(=O)O)CC2)c(=O)[nH]1)c1ccccc1. The molecule has 0 radical (unpaired) electrons. The monoisotopic (exact) mass is 392 g/mol. The Morgan fingerprint density at radius 3 is 2.52 bits per heavy atom. The third-order valence-electron chi connectivity index (χ3n) is 4.85.